The fraction of sp³-hybridized carbons (Fsp3) is 0.176. The number of nitrogens with zero attached hydrogens (tertiary/aromatic N) is 1. The van der Waals surface area contributed by atoms with Gasteiger partial charge in [0.1, 0.15) is 11.4 Å². The number of hydrogen-bond acceptors (Lipinski definition) is 6. The highest BCUT2D eigenvalue weighted by molar-refractivity contribution is 7.91. The SMILES string of the molecule is COC[C@H](Cc1ccc(O)cc1)NC(=O)c1cc(NS(=O)(=O)Cc2ccccc2)c2cc(-c3cccc(C(F)(F)F)c3)ccc2n1. The first-order chi connectivity index (χ1) is 21.9. The quantitative estimate of drug-likeness (QED) is 0.149. The third-order valence-corrected chi connectivity index (χ3v) is 8.40. The molecule has 4 aromatic carbocycles. The molecule has 1 heterocycles. The molecule has 1 amide bonds. The van der Waals surface area contributed by atoms with Crippen molar-refractivity contribution in [3.05, 3.63) is 126 Å². The number of fused-ring (bicyclic) bond motifs is 1. The van der Waals surface area contributed by atoms with E-state index < -0.39 is 33.7 Å². The van der Waals surface area contributed by atoms with Gasteiger partial charge in [0.2, 0.25) is 10.0 Å². The van der Waals surface area contributed by atoms with Crippen LogP contribution in [-0.4, -0.2) is 44.2 Å². The molecule has 46 heavy (non-hydrogen) atoms. The molecule has 0 saturated carbocycles. The number of aromatic hydroxyl groups is 1. The van der Waals surface area contributed by atoms with E-state index in [1.165, 1.54) is 43.5 Å². The Hall–Kier alpha value is -4.94. The molecule has 3 N–H and O–H groups in total. The molecule has 0 unspecified atom stereocenters. The maximum atomic E-state index is 13.5. The lowest BCUT2D eigenvalue weighted by Crippen LogP contribution is -2.40. The Labute approximate surface area is 263 Å². The largest absolute Gasteiger partial charge is 0.508 e. The van der Waals surface area contributed by atoms with Crippen molar-refractivity contribution in [1.29, 1.82) is 0 Å². The summed E-state index contributed by atoms with van der Waals surface area (Å²) in [6.07, 6.45) is -4.16. The van der Waals surface area contributed by atoms with Gasteiger partial charge in [-0.05, 0) is 71.1 Å². The summed E-state index contributed by atoms with van der Waals surface area (Å²) in [5.74, 6) is -0.835. The summed E-state index contributed by atoms with van der Waals surface area (Å²) in [6.45, 7) is 0.164. The fourth-order valence-electron chi connectivity index (χ4n) is 5.01. The van der Waals surface area contributed by atoms with Crippen molar-refractivity contribution in [2.75, 3.05) is 18.4 Å². The van der Waals surface area contributed by atoms with E-state index in [4.69, 9.17) is 4.74 Å². The molecule has 1 aromatic heterocycles. The van der Waals surface area contributed by atoms with Gasteiger partial charge in [-0.25, -0.2) is 13.4 Å². The molecule has 1 atom stereocenters. The van der Waals surface area contributed by atoms with Crippen molar-refractivity contribution in [3.63, 3.8) is 0 Å². The first kappa shape index (κ1) is 32.5. The number of nitrogens with one attached hydrogen (secondary N) is 2. The summed E-state index contributed by atoms with van der Waals surface area (Å²) in [5, 5.41) is 12.8. The van der Waals surface area contributed by atoms with Gasteiger partial charge in [0, 0.05) is 12.5 Å². The number of aromatic nitrogens is 1. The molecule has 5 aromatic rings. The number of methoxy groups -OCH3 is 1. The van der Waals surface area contributed by atoms with Crippen molar-refractivity contribution in [2.24, 2.45) is 0 Å². The lowest BCUT2D eigenvalue weighted by atomic mass is 10.00. The van der Waals surface area contributed by atoms with E-state index in [9.17, 15) is 31.5 Å². The minimum atomic E-state index is -4.54. The van der Waals surface area contributed by atoms with Gasteiger partial charge in [0.05, 0.1) is 35.2 Å². The second kappa shape index (κ2) is 13.6. The van der Waals surface area contributed by atoms with Crippen LogP contribution in [0.1, 0.15) is 27.2 Å². The molecule has 0 aliphatic heterocycles. The number of pyridine rings is 1. The summed E-state index contributed by atoms with van der Waals surface area (Å²) in [4.78, 5) is 18.0. The van der Waals surface area contributed by atoms with Crippen LogP contribution < -0.4 is 10.0 Å². The van der Waals surface area contributed by atoms with Gasteiger partial charge >= 0.3 is 6.18 Å². The van der Waals surface area contributed by atoms with E-state index in [0.717, 1.165) is 17.7 Å². The predicted molar refractivity (Wildman–Crippen MR) is 170 cm³/mol. The Kier molecular flexibility index (Phi) is 9.59. The molecule has 8 nitrogen and oxygen atoms in total. The zero-order chi connectivity index (χ0) is 32.9. The number of amides is 1. The Morgan fingerprint density at radius 2 is 1.61 bits per heavy atom. The van der Waals surface area contributed by atoms with Gasteiger partial charge in [0.25, 0.3) is 5.91 Å². The molecule has 12 heteroatoms. The standard InChI is InChI=1S/C34H30F3N3O5S/c1-45-20-27(16-22-10-13-28(41)14-11-22)38-33(42)32-19-31(40-46(43,44)21-23-6-3-2-4-7-23)29-18-25(12-15-30(29)39-32)24-8-5-9-26(17-24)34(35,36)37/h2-15,17-19,27,41H,16,20-21H2,1H3,(H,38,42)(H,39,40)/t27-/m0/s1. The Bertz CT molecular complexity index is 1950. The van der Waals surface area contributed by atoms with Crippen LogP contribution in [0.4, 0.5) is 18.9 Å². The number of carbonyl (C=O) groups is 1. The van der Waals surface area contributed by atoms with Crippen LogP contribution in [0.5, 0.6) is 5.75 Å². The van der Waals surface area contributed by atoms with E-state index >= 15 is 0 Å². The lowest BCUT2D eigenvalue weighted by molar-refractivity contribution is -0.137. The second-order valence-electron chi connectivity index (χ2n) is 10.7. The maximum Gasteiger partial charge on any atom is 0.416 e. The highest BCUT2D eigenvalue weighted by atomic mass is 32.2. The molecule has 0 radical (unpaired) electrons. The summed E-state index contributed by atoms with van der Waals surface area (Å²) < 4.78 is 74.7. The van der Waals surface area contributed by atoms with E-state index in [0.29, 0.717) is 22.9 Å². The molecule has 0 aliphatic carbocycles. The van der Waals surface area contributed by atoms with Crippen molar-refractivity contribution in [1.82, 2.24) is 10.3 Å². The lowest BCUT2D eigenvalue weighted by Gasteiger charge is -2.19. The number of carbonyl (C=O) groups excluding carboxylic acids is 1. The van der Waals surface area contributed by atoms with E-state index in [1.54, 1.807) is 54.6 Å². The Balaban J connectivity index is 1.53. The summed E-state index contributed by atoms with van der Waals surface area (Å²) in [5.41, 5.74) is 1.43. The summed E-state index contributed by atoms with van der Waals surface area (Å²) in [6, 6.07) is 25.3. The van der Waals surface area contributed by atoms with Gasteiger partial charge in [-0.3, -0.25) is 9.52 Å². The monoisotopic (exact) mass is 649 g/mol. The molecule has 0 bridgehead atoms. The average molecular weight is 650 g/mol. The summed E-state index contributed by atoms with van der Waals surface area (Å²) in [7, 11) is -2.51. The van der Waals surface area contributed by atoms with Crippen LogP contribution in [0, 0.1) is 0 Å². The number of hydrogen-bond donors (Lipinski definition) is 3. The highest BCUT2D eigenvalue weighted by Gasteiger charge is 2.30. The Morgan fingerprint density at radius 1 is 0.891 bits per heavy atom. The molecular formula is C34H30F3N3O5S. The number of phenolic OH excluding ortho intramolecular Hbond substituents is 1. The van der Waals surface area contributed by atoms with Crippen LogP contribution in [0.25, 0.3) is 22.0 Å². The van der Waals surface area contributed by atoms with E-state index in [2.05, 4.69) is 15.0 Å². The average Bonchev–Trinajstić information content (AvgIpc) is 3.01. The van der Waals surface area contributed by atoms with Crippen molar-refractivity contribution >= 4 is 32.5 Å². The first-order valence-electron chi connectivity index (χ1n) is 14.1. The number of phenols is 1. The van der Waals surface area contributed by atoms with E-state index in [-0.39, 0.29) is 40.6 Å². The van der Waals surface area contributed by atoms with Crippen molar-refractivity contribution < 1.29 is 36.2 Å². The normalized spacial score (nSPS) is 12.5. The molecule has 5 rings (SSSR count). The van der Waals surface area contributed by atoms with Gasteiger partial charge in [-0.2, -0.15) is 13.2 Å². The highest BCUT2D eigenvalue weighted by Crippen LogP contribution is 2.34. The third kappa shape index (κ3) is 8.20. The summed E-state index contributed by atoms with van der Waals surface area (Å²) >= 11 is 0. The number of anilines is 1. The second-order valence-corrected chi connectivity index (χ2v) is 12.4. The minimum Gasteiger partial charge on any atom is -0.508 e. The van der Waals surface area contributed by atoms with Crippen LogP contribution in [-0.2, 0) is 33.1 Å². The smallest absolute Gasteiger partial charge is 0.416 e. The fourth-order valence-corrected chi connectivity index (χ4v) is 6.21. The zero-order valence-corrected chi connectivity index (χ0v) is 25.4. The van der Waals surface area contributed by atoms with Crippen LogP contribution >= 0.6 is 0 Å². The maximum absolute atomic E-state index is 13.5. The predicted octanol–water partition coefficient (Wildman–Crippen LogP) is 6.56. The van der Waals surface area contributed by atoms with Crippen molar-refractivity contribution in [2.45, 2.75) is 24.4 Å². The third-order valence-electron chi connectivity index (χ3n) is 7.15. The van der Waals surface area contributed by atoms with Gasteiger partial charge in [-0.1, -0.05) is 60.7 Å². The van der Waals surface area contributed by atoms with Gasteiger partial charge in [-0.15, -0.1) is 0 Å². The van der Waals surface area contributed by atoms with Crippen LogP contribution in [0.2, 0.25) is 0 Å². The van der Waals surface area contributed by atoms with Crippen LogP contribution in [0.15, 0.2) is 103 Å². The number of sulfonamides is 1. The van der Waals surface area contributed by atoms with Crippen molar-refractivity contribution in [3.8, 4) is 16.9 Å². The topological polar surface area (TPSA) is 118 Å². The molecular weight excluding hydrogens is 619 g/mol. The number of alkyl halides is 3. The number of ether oxygens (including phenoxy) is 1. The molecule has 0 spiro atoms. The zero-order valence-electron chi connectivity index (χ0n) is 24.6. The minimum absolute atomic E-state index is 0.0433. The first-order valence-corrected chi connectivity index (χ1v) is 15.8. The van der Waals surface area contributed by atoms with Gasteiger partial charge < -0.3 is 15.2 Å². The molecule has 0 fully saturated rings. The van der Waals surface area contributed by atoms with Crippen LogP contribution in [0.3, 0.4) is 0 Å². The Morgan fingerprint density at radius 3 is 2.30 bits per heavy atom. The molecule has 238 valence electrons. The van der Waals surface area contributed by atoms with Gasteiger partial charge in [0.15, 0.2) is 0 Å². The number of rotatable bonds is 11. The number of benzene rings is 4. The number of halogens is 3. The molecule has 0 aliphatic rings. The van der Waals surface area contributed by atoms with E-state index in [1.807, 2.05) is 0 Å². The molecule has 0 saturated heterocycles.